The lowest BCUT2D eigenvalue weighted by molar-refractivity contribution is 0.383. The summed E-state index contributed by atoms with van der Waals surface area (Å²) in [6.07, 6.45) is -0.288. The standard InChI is InChI=1S/C61H43N5/c1-65-60(49-37-29-44(30-38-49)42-17-7-3-8-18-42)63-59(48-35-27-43(28-36-48)41-15-5-2-6-16-41)64-61(65)50-39-31-46(32-40-50)45-25-33-47(34-26-45)57-58-56(52-21-11-13-23-54(52)62-57)53-22-12-14-24-55(53)66(58)51-19-9-4-10-20-51/h2-40,61H,1H3. The van der Waals surface area contributed by atoms with Crippen molar-refractivity contribution in [2.45, 2.75) is 6.17 Å². The minimum Gasteiger partial charge on any atom is -0.333 e. The zero-order valence-corrected chi connectivity index (χ0v) is 36.3. The molecule has 1 atom stereocenters. The molecule has 11 aromatic rings. The molecule has 9 aromatic carbocycles. The molecule has 312 valence electrons. The number of hydrogen-bond acceptors (Lipinski definition) is 4. The molecule has 12 rings (SSSR count). The lowest BCUT2D eigenvalue weighted by Gasteiger charge is -2.32. The number of pyridine rings is 1. The van der Waals surface area contributed by atoms with Crippen LogP contribution in [0.3, 0.4) is 0 Å². The smallest absolute Gasteiger partial charge is 0.159 e. The van der Waals surface area contributed by atoms with Crippen LogP contribution in [0.25, 0.3) is 83.0 Å². The van der Waals surface area contributed by atoms with Crippen molar-refractivity contribution in [1.82, 2.24) is 14.5 Å². The Morgan fingerprint density at radius 1 is 0.394 bits per heavy atom. The number of rotatable bonds is 8. The predicted molar refractivity (Wildman–Crippen MR) is 274 cm³/mol. The monoisotopic (exact) mass is 845 g/mol. The Hall–Kier alpha value is -8.67. The van der Waals surface area contributed by atoms with Gasteiger partial charge in [0.1, 0.15) is 12.0 Å². The minimum absolute atomic E-state index is 0.288. The van der Waals surface area contributed by atoms with Crippen LogP contribution in [0.2, 0.25) is 0 Å². The highest BCUT2D eigenvalue weighted by Crippen LogP contribution is 2.41. The number of nitrogens with zero attached hydrogens (tertiary/aromatic N) is 5. The molecule has 0 radical (unpaired) electrons. The molecule has 1 unspecified atom stereocenters. The Morgan fingerprint density at radius 2 is 0.848 bits per heavy atom. The van der Waals surface area contributed by atoms with E-state index in [-0.39, 0.29) is 6.17 Å². The third-order valence-electron chi connectivity index (χ3n) is 12.9. The van der Waals surface area contributed by atoms with Crippen molar-refractivity contribution in [2.75, 3.05) is 7.05 Å². The molecule has 0 amide bonds. The van der Waals surface area contributed by atoms with Crippen LogP contribution in [0, 0.1) is 0 Å². The summed E-state index contributed by atoms with van der Waals surface area (Å²) in [5, 5.41) is 3.59. The number of hydrogen-bond donors (Lipinski definition) is 0. The highest BCUT2D eigenvalue weighted by atomic mass is 15.3. The van der Waals surface area contributed by atoms with Crippen molar-refractivity contribution in [3.05, 3.63) is 253 Å². The first-order valence-electron chi connectivity index (χ1n) is 22.4. The predicted octanol–water partition coefficient (Wildman–Crippen LogP) is 14.8. The van der Waals surface area contributed by atoms with E-state index >= 15 is 0 Å². The van der Waals surface area contributed by atoms with Gasteiger partial charge in [-0.3, -0.25) is 0 Å². The van der Waals surface area contributed by atoms with Crippen molar-refractivity contribution in [3.8, 4) is 50.3 Å². The summed E-state index contributed by atoms with van der Waals surface area (Å²) in [4.78, 5) is 18.1. The van der Waals surface area contributed by atoms with Gasteiger partial charge < -0.3 is 9.47 Å². The molecule has 0 saturated heterocycles. The fraction of sp³-hybridized carbons (Fsp3) is 0.0328. The zero-order chi connectivity index (χ0) is 44.0. The molecule has 5 heteroatoms. The number of aliphatic imine (C=N–C) groups is 2. The van der Waals surface area contributed by atoms with Crippen LogP contribution in [-0.4, -0.2) is 33.2 Å². The van der Waals surface area contributed by atoms with Gasteiger partial charge in [0.2, 0.25) is 0 Å². The van der Waals surface area contributed by atoms with E-state index in [1.807, 2.05) is 12.1 Å². The van der Waals surface area contributed by atoms with E-state index in [0.29, 0.717) is 5.84 Å². The number of para-hydroxylation sites is 3. The average molecular weight is 846 g/mol. The van der Waals surface area contributed by atoms with E-state index in [2.05, 4.69) is 241 Å². The third-order valence-corrected chi connectivity index (χ3v) is 12.9. The molecule has 2 aromatic heterocycles. The first-order valence-corrected chi connectivity index (χ1v) is 22.4. The van der Waals surface area contributed by atoms with Crippen molar-refractivity contribution < 1.29 is 0 Å². The fourth-order valence-corrected chi connectivity index (χ4v) is 9.52. The van der Waals surface area contributed by atoms with Crippen LogP contribution >= 0.6 is 0 Å². The molecule has 0 aliphatic carbocycles. The van der Waals surface area contributed by atoms with Gasteiger partial charge in [-0.1, -0.05) is 212 Å². The van der Waals surface area contributed by atoms with Gasteiger partial charge in [0.25, 0.3) is 0 Å². The maximum absolute atomic E-state index is 5.37. The minimum atomic E-state index is -0.288. The fourth-order valence-electron chi connectivity index (χ4n) is 9.52. The first kappa shape index (κ1) is 39.0. The van der Waals surface area contributed by atoms with E-state index in [1.165, 1.54) is 27.5 Å². The topological polar surface area (TPSA) is 45.8 Å². The zero-order valence-electron chi connectivity index (χ0n) is 36.3. The van der Waals surface area contributed by atoms with Crippen LogP contribution in [0.4, 0.5) is 0 Å². The van der Waals surface area contributed by atoms with Crippen LogP contribution in [0.15, 0.2) is 247 Å². The van der Waals surface area contributed by atoms with Crippen molar-refractivity contribution in [1.29, 1.82) is 0 Å². The molecule has 0 fully saturated rings. The second-order valence-corrected chi connectivity index (χ2v) is 16.8. The van der Waals surface area contributed by atoms with E-state index in [0.717, 1.165) is 78.1 Å². The van der Waals surface area contributed by atoms with Crippen molar-refractivity contribution in [2.24, 2.45) is 9.98 Å². The van der Waals surface area contributed by atoms with E-state index in [9.17, 15) is 0 Å². The first-order chi connectivity index (χ1) is 32.6. The Kier molecular flexibility index (Phi) is 9.72. The number of amidine groups is 2. The molecule has 66 heavy (non-hydrogen) atoms. The van der Waals surface area contributed by atoms with Gasteiger partial charge in [0, 0.05) is 45.6 Å². The Bertz CT molecular complexity index is 3600. The summed E-state index contributed by atoms with van der Waals surface area (Å²) in [5.74, 6) is 1.58. The average Bonchev–Trinajstić information content (AvgIpc) is 3.75. The van der Waals surface area contributed by atoms with Crippen LogP contribution < -0.4 is 0 Å². The lowest BCUT2D eigenvalue weighted by atomic mass is 9.98. The van der Waals surface area contributed by atoms with Crippen LogP contribution in [-0.2, 0) is 0 Å². The molecule has 3 heterocycles. The normalized spacial score (nSPS) is 13.8. The second kappa shape index (κ2) is 16.5. The number of fused-ring (bicyclic) bond motifs is 5. The van der Waals surface area contributed by atoms with Crippen LogP contribution in [0.5, 0.6) is 0 Å². The highest BCUT2D eigenvalue weighted by Gasteiger charge is 2.27. The Balaban J connectivity index is 0.897. The van der Waals surface area contributed by atoms with Gasteiger partial charge >= 0.3 is 0 Å². The molecule has 0 N–H and O–H groups in total. The molecule has 1 aliphatic rings. The lowest BCUT2D eigenvalue weighted by Crippen LogP contribution is -2.35. The molecular formula is C61H43N5. The summed E-state index contributed by atoms with van der Waals surface area (Å²) >= 11 is 0. The summed E-state index contributed by atoms with van der Waals surface area (Å²) in [6.45, 7) is 0. The molecular weight excluding hydrogens is 803 g/mol. The maximum atomic E-state index is 5.37. The summed E-state index contributed by atoms with van der Waals surface area (Å²) in [6, 6.07) is 83.7. The molecule has 5 nitrogen and oxygen atoms in total. The SMILES string of the molecule is CN1C(c2ccc(-c3ccccc3)cc2)=NC(c2ccc(-c3ccccc3)cc2)=NC1c1ccc(-c2ccc(-c3nc4ccccc4c4c5ccccc5n(-c5ccccc5)c34)cc2)cc1. The van der Waals surface area contributed by atoms with Crippen molar-refractivity contribution in [3.63, 3.8) is 0 Å². The van der Waals surface area contributed by atoms with Gasteiger partial charge in [-0.15, -0.1) is 0 Å². The van der Waals surface area contributed by atoms with E-state index in [1.54, 1.807) is 0 Å². The number of benzene rings is 9. The summed E-state index contributed by atoms with van der Waals surface area (Å²) < 4.78 is 2.37. The third kappa shape index (κ3) is 6.95. The molecule has 0 spiro atoms. The Labute approximate surface area is 384 Å². The van der Waals surface area contributed by atoms with Gasteiger partial charge in [0.05, 0.1) is 22.2 Å². The van der Waals surface area contributed by atoms with E-state index in [4.69, 9.17) is 15.0 Å². The molecule has 0 bridgehead atoms. The summed E-state index contributed by atoms with van der Waals surface area (Å²) in [7, 11) is 2.09. The van der Waals surface area contributed by atoms with E-state index < -0.39 is 0 Å². The molecule has 1 aliphatic heterocycles. The maximum Gasteiger partial charge on any atom is 0.159 e. The molecule has 0 saturated carbocycles. The highest BCUT2D eigenvalue weighted by molar-refractivity contribution is 6.23. The number of aromatic nitrogens is 2. The summed E-state index contributed by atoms with van der Waals surface area (Å²) in [5.41, 5.74) is 16.4. The largest absolute Gasteiger partial charge is 0.333 e. The van der Waals surface area contributed by atoms with Gasteiger partial charge in [-0.2, -0.15) is 0 Å². The van der Waals surface area contributed by atoms with Gasteiger partial charge in [-0.05, 0) is 63.2 Å². The van der Waals surface area contributed by atoms with Crippen LogP contribution in [0.1, 0.15) is 22.9 Å². The van der Waals surface area contributed by atoms with Gasteiger partial charge in [0.15, 0.2) is 5.84 Å². The van der Waals surface area contributed by atoms with Crippen molar-refractivity contribution >= 4 is 44.4 Å². The van der Waals surface area contributed by atoms with Gasteiger partial charge in [-0.25, -0.2) is 15.0 Å². The second-order valence-electron chi connectivity index (χ2n) is 16.8. The quantitative estimate of drug-likeness (QED) is 0.153. The Morgan fingerprint density at radius 3 is 1.45 bits per heavy atom.